The van der Waals surface area contributed by atoms with Crippen LogP contribution >= 0.6 is 11.6 Å². The zero-order chi connectivity index (χ0) is 13.2. The summed E-state index contributed by atoms with van der Waals surface area (Å²) < 4.78 is 0. The summed E-state index contributed by atoms with van der Waals surface area (Å²) in [4.78, 5) is 16.0. The van der Waals surface area contributed by atoms with Gasteiger partial charge >= 0.3 is 0 Å². The normalized spacial score (nSPS) is 18.3. The molecule has 0 unspecified atom stereocenters. The molecule has 0 bridgehead atoms. The highest BCUT2D eigenvalue weighted by Gasteiger charge is 2.28. The molecule has 1 amide bonds. The second-order valence-electron chi connectivity index (χ2n) is 5.18. The minimum absolute atomic E-state index is 0.111. The molecule has 1 aromatic heterocycles. The van der Waals surface area contributed by atoms with Crippen molar-refractivity contribution in [1.29, 1.82) is 0 Å². The van der Waals surface area contributed by atoms with Crippen LogP contribution in [0.2, 0.25) is 5.15 Å². The van der Waals surface area contributed by atoms with Gasteiger partial charge in [0.05, 0.1) is 0 Å². The van der Waals surface area contributed by atoms with E-state index in [1.54, 1.807) is 12.1 Å². The predicted molar refractivity (Wildman–Crippen MR) is 72.6 cm³/mol. The van der Waals surface area contributed by atoms with Gasteiger partial charge in [-0.3, -0.25) is 4.79 Å². The average Bonchev–Trinajstić information content (AvgIpc) is 2.28. The number of anilines is 1. The molecular formula is C13H18ClN3O. The van der Waals surface area contributed by atoms with Crippen LogP contribution in [0.4, 0.5) is 5.82 Å². The molecule has 2 rings (SSSR count). The first-order valence-electron chi connectivity index (χ1n) is 6.24. The molecule has 1 heterocycles. The maximum absolute atomic E-state index is 12.2. The molecule has 4 nitrogen and oxygen atoms in total. The van der Waals surface area contributed by atoms with E-state index in [-0.39, 0.29) is 22.4 Å². The molecule has 1 saturated carbocycles. The fourth-order valence-corrected chi connectivity index (χ4v) is 2.67. The summed E-state index contributed by atoms with van der Waals surface area (Å²) in [6.07, 6.45) is 5.62. The minimum atomic E-state index is -0.129. The number of carbonyl (C=O) groups is 1. The van der Waals surface area contributed by atoms with E-state index in [4.69, 9.17) is 17.3 Å². The molecule has 0 aromatic carbocycles. The lowest BCUT2D eigenvalue weighted by Gasteiger charge is -2.34. The Morgan fingerprint density at radius 2 is 2.06 bits per heavy atom. The Labute approximate surface area is 112 Å². The van der Waals surface area contributed by atoms with Crippen molar-refractivity contribution in [3.05, 3.63) is 22.8 Å². The van der Waals surface area contributed by atoms with Crippen molar-refractivity contribution in [3.8, 4) is 0 Å². The largest absolute Gasteiger partial charge is 0.384 e. The maximum atomic E-state index is 12.2. The van der Waals surface area contributed by atoms with Crippen LogP contribution in [-0.4, -0.2) is 16.4 Å². The molecule has 0 radical (unpaired) electrons. The van der Waals surface area contributed by atoms with E-state index in [0.717, 1.165) is 25.7 Å². The van der Waals surface area contributed by atoms with Crippen LogP contribution in [0.25, 0.3) is 0 Å². The SMILES string of the molecule is CC1(NC(=O)c2cc(N)nc(Cl)c2)CCCCC1. The van der Waals surface area contributed by atoms with Crippen LogP contribution in [0.3, 0.4) is 0 Å². The molecule has 3 N–H and O–H groups in total. The van der Waals surface area contributed by atoms with Gasteiger partial charge in [-0.15, -0.1) is 0 Å². The van der Waals surface area contributed by atoms with Crippen molar-refractivity contribution in [1.82, 2.24) is 10.3 Å². The number of hydrogen-bond donors (Lipinski definition) is 2. The number of rotatable bonds is 2. The van der Waals surface area contributed by atoms with Gasteiger partial charge < -0.3 is 11.1 Å². The van der Waals surface area contributed by atoms with Gasteiger partial charge in [-0.2, -0.15) is 0 Å². The van der Waals surface area contributed by atoms with Crippen LogP contribution in [0, 0.1) is 0 Å². The number of aromatic nitrogens is 1. The molecule has 0 atom stereocenters. The first-order chi connectivity index (χ1) is 8.48. The number of halogens is 1. The molecule has 0 spiro atoms. The quantitative estimate of drug-likeness (QED) is 0.810. The Kier molecular flexibility index (Phi) is 3.76. The zero-order valence-electron chi connectivity index (χ0n) is 10.5. The Morgan fingerprint density at radius 1 is 1.39 bits per heavy atom. The lowest BCUT2D eigenvalue weighted by atomic mass is 9.83. The Bertz CT molecular complexity index is 435. The molecule has 1 aliphatic rings. The van der Waals surface area contributed by atoms with E-state index in [1.165, 1.54) is 6.42 Å². The number of pyridine rings is 1. The van der Waals surface area contributed by atoms with Crippen LogP contribution < -0.4 is 11.1 Å². The number of nitrogens with zero attached hydrogens (tertiary/aromatic N) is 1. The minimum Gasteiger partial charge on any atom is -0.384 e. The predicted octanol–water partition coefficient (Wildman–Crippen LogP) is 2.77. The van der Waals surface area contributed by atoms with Crippen molar-refractivity contribution in [2.45, 2.75) is 44.6 Å². The summed E-state index contributed by atoms with van der Waals surface area (Å²) in [5.41, 5.74) is 5.95. The van der Waals surface area contributed by atoms with Crippen LogP contribution in [-0.2, 0) is 0 Å². The van der Waals surface area contributed by atoms with Crippen LogP contribution in [0.15, 0.2) is 12.1 Å². The smallest absolute Gasteiger partial charge is 0.251 e. The Hall–Kier alpha value is -1.29. The second-order valence-corrected chi connectivity index (χ2v) is 5.57. The summed E-state index contributed by atoms with van der Waals surface area (Å²) in [5, 5.41) is 3.33. The molecule has 1 aliphatic carbocycles. The fraction of sp³-hybridized carbons (Fsp3) is 0.538. The molecular weight excluding hydrogens is 250 g/mol. The summed E-state index contributed by atoms with van der Waals surface area (Å²) in [6.45, 7) is 2.09. The highest BCUT2D eigenvalue weighted by atomic mass is 35.5. The number of nitrogens with one attached hydrogen (secondary N) is 1. The van der Waals surface area contributed by atoms with Gasteiger partial charge in [0.1, 0.15) is 11.0 Å². The van der Waals surface area contributed by atoms with Gasteiger partial charge in [-0.1, -0.05) is 30.9 Å². The van der Waals surface area contributed by atoms with E-state index < -0.39 is 0 Å². The molecule has 0 aliphatic heterocycles. The highest BCUT2D eigenvalue weighted by molar-refractivity contribution is 6.29. The third kappa shape index (κ3) is 3.13. The van der Waals surface area contributed by atoms with Crippen LogP contribution in [0.1, 0.15) is 49.4 Å². The summed E-state index contributed by atoms with van der Waals surface area (Å²) in [7, 11) is 0. The first kappa shape index (κ1) is 13.1. The summed E-state index contributed by atoms with van der Waals surface area (Å²) in [5.74, 6) is 0.136. The van der Waals surface area contributed by atoms with E-state index in [9.17, 15) is 4.79 Å². The van der Waals surface area contributed by atoms with Gasteiger partial charge in [-0.05, 0) is 31.9 Å². The van der Waals surface area contributed by atoms with Crippen molar-refractivity contribution in [2.75, 3.05) is 5.73 Å². The van der Waals surface area contributed by atoms with Gasteiger partial charge in [0.2, 0.25) is 0 Å². The highest BCUT2D eigenvalue weighted by Crippen LogP contribution is 2.28. The van der Waals surface area contributed by atoms with Crippen LogP contribution in [0.5, 0.6) is 0 Å². The average molecular weight is 268 g/mol. The number of carbonyl (C=O) groups excluding carboxylic acids is 1. The third-order valence-electron chi connectivity index (χ3n) is 3.45. The number of hydrogen-bond acceptors (Lipinski definition) is 3. The third-order valence-corrected chi connectivity index (χ3v) is 3.64. The maximum Gasteiger partial charge on any atom is 0.251 e. The molecule has 5 heteroatoms. The zero-order valence-corrected chi connectivity index (χ0v) is 11.3. The van der Waals surface area contributed by atoms with E-state index in [1.807, 2.05) is 0 Å². The van der Waals surface area contributed by atoms with E-state index in [2.05, 4.69) is 17.2 Å². The van der Waals surface area contributed by atoms with E-state index in [0.29, 0.717) is 5.56 Å². The summed E-state index contributed by atoms with van der Waals surface area (Å²) >= 11 is 5.80. The Morgan fingerprint density at radius 3 is 2.67 bits per heavy atom. The number of nitrogen functional groups attached to an aromatic ring is 1. The Balaban J connectivity index is 2.11. The number of amides is 1. The lowest BCUT2D eigenvalue weighted by molar-refractivity contribution is 0.0882. The topological polar surface area (TPSA) is 68.0 Å². The second kappa shape index (κ2) is 5.14. The van der Waals surface area contributed by atoms with Gasteiger partial charge in [-0.25, -0.2) is 4.98 Å². The van der Waals surface area contributed by atoms with Crippen molar-refractivity contribution >= 4 is 23.3 Å². The first-order valence-corrected chi connectivity index (χ1v) is 6.62. The lowest BCUT2D eigenvalue weighted by Crippen LogP contribution is -2.47. The molecule has 1 aromatic rings. The van der Waals surface area contributed by atoms with Gasteiger partial charge in [0.15, 0.2) is 0 Å². The fourth-order valence-electron chi connectivity index (χ4n) is 2.45. The van der Waals surface area contributed by atoms with E-state index >= 15 is 0 Å². The number of nitrogens with two attached hydrogens (primary N) is 1. The van der Waals surface area contributed by atoms with Crippen molar-refractivity contribution < 1.29 is 4.79 Å². The molecule has 18 heavy (non-hydrogen) atoms. The molecule has 98 valence electrons. The monoisotopic (exact) mass is 267 g/mol. The molecule has 1 fully saturated rings. The van der Waals surface area contributed by atoms with Gasteiger partial charge in [0.25, 0.3) is 5.91 Å². The standard InChI is InChI=1S/C13H18ClN3O/c1-13(5-3-2-4-6-13)17-12(18)9-7-10(14)16-11(15)8-9/h7-8H,2-6H2,1H3,(H2,15,16)(H,17,18). The van der Waals surface area contributed by atoms with Gasteiger partial charge in [0, 0.05) is 11.1 Å². The summed E-state index contributed by atoms with van der Waals surface area (Å²) in [6, 6.07) is 3.09. The van der Waals surface area contributed by atoms with Crippen molar-refractivity contribution in [2.24, 2.45) is 0 Å². The van der Waals surface area contributed by atoms with Crippen molar-refractivity contribution in [3.63, 3.8) is 0 Å². The molecule has 0 saturated heterocycles.